The molecule has 1 aliphatic rings. The highest BCUT2D eigenvalue weighted by molar-refractivity contribution is 6.32. The van der Waals surface area contributed by atoms with E-state index in [4.69, 9.17) is 22.1 Å². The van der Waals surface area contributed by atoms with Crippen molar-refractivity contribution in [1.29, 1.82) is 0 Å². The summed E-state index contributed by atoms with van der Waals surface area (Å²) in [5, 5.41) is 1.85. The number of aryl methyl sites for hydroxylation is 1. The molecule has 0 saturated heterocycles. The molecule has 0 aliphatic heterocycles. The van der Waals surface area contributed by atoms with Gasteiger partial charge in [0.25, 0.3) is 5.56 Å². The van der Waals surface area contributed by atoms with Crippen LogP contribution in [0.25, 0.3) is 10.8 Å². The van der Waals surface area contributed by atoms with E-state index >= 15 is 0 Å². The number of aromatic nitrogens is 1. The van der Waals surface area contributed by atoms with Crippen molar-refractivity contribution in [3.63, 3.8) is 0 Å². The Bertz CT molecular complexity index is 1040. The highest BCUT2D eigenvalue weighted by Gasteiger charge is 2.34. The quantitative estimate of drug-likeness (QED) is 0.691. The number of ether oxygens (including phenoxy) is 1. The fourth-order valence-electron chi connectivity index (χ4n) is 3.93. The molecule has 0 atom stereocenters. The van der Waals surface area contributed by atoms with Crippen LogP contribution in [-0.4, -0.2) is 11.1 Å². The minimum atomic E-state index is -0.299. The number of benzene rings is 2. The normalized spacial score (nSPS) is 22.7. The molecule has 1 saturated carbocycles. The summed E-state index contributed by atoms with van der Waals surface area (Å²) in [5.74, 6) is 0.625. The number of hydrogen-bond acceptors (Lipinski definition) is 3. The van der Waals surface area contributed by atoms with Crippen LogP contribution in [0.3, 0.4) is 0 Å². The van der Waals surface area contributed by atoms with E-state index in [0.29, 0.717) is 16.2 Å². The van der Waals surface area contributed by atoms with Crippen molar-refractivity contribution < 1.29 is 4.74 Å². The van der Waals surface area contributed by atoms with E-state index in [2.05, 4.69) is 36.2 Å². The molecule has 4 rings (SSSR count). The Morgan fingerprint density at radius 1 is 1.19 bits per heavy atom. The fourth-order valence-corrected chi connectivity index (χ4v) is 4.13. The first kappa shape index (κ1) is 18.1. The average molecular weight is 383 g/mol. The molecule has 4 nitrogen and oxygen atoms in total. The summed E-state index contributed by atoms with van der Waals surface area (Å²) in [6.07, 6.45) is 5.18. The molecule has 1 fully saturated rings. The lowest BCUT2D eigenvalue weighted by molar-refractivity contribution is 0.118. The molecule has 0 spiro atoms. The van der Waals surface area contributed by atoms with E-state index in [9.17, 15) is 4.79 Å². The largest absolute Gasteiger partial charge is 0.489 e. The van der Waals surface area contributed by atoms with Gasteiger partial charge in [-0.25, -0.2) is 0 Å². The summed E-state index contributed by atoms with van der Waals surface area (Å²) < 4.78 is 6.19. The van der Waals surface area contributed by atoms with Gasteiger partial charge in [-0.1, -0.05) is 41.4 Å². The predicted octanol–water partition coefficient (Wildman–Crippen LogP) is 4.67. The first-order chi connectivity index (χ1) is 12.9. The summed E-state index contributed by atoms with van der Waals surface area (Å²) in [6.45, 7) is 2.09. The molecule has 0 radical (unpaired) electrons. The van der Waals surface area contributed by atoms with Crippen LogP contribution in [0.2, 0.25) is 5.02 Å². The second-order valence-electron chi connectivity index (χ2n) is 7.52. The van der Waals surface area contributed by atoms with E-state index in [1.54, 1.807) is 12.3 Å². The van der Waals surface area contributed by atoms with Gasteiger partial charge in [0.1, 0.15) is 5.75 Å². The number of nitrogens with one attached hydrogen (secondary N) is 1. The van der Waals surface area contributed by atoms with Crippen molar-refractivity contribution >= 4 is 22.4 Å². The van der Waals surface area contributed by atoms with Crippen molar-refractivity contribution in [2.75, 3.05) is 0 Å². The Morgan fingerprint density at radius 2 is 1.96 bits per heavy atom. The Morgan fingerprint density at radius 3 is 2.70 bits per heavy atom. The van der Waals surface area contributed by atoms with Crippen LogP contribution in [0, 0.1) is 6.92 Å². The van der Waals surface area contributed by atoms with E-state index in [0.717, 1.165) is 31.1 Å². The molecule has 27 heavy (non-hydrogen) atoms. The Kier molecular flexibility index (Phi) is 4.70. The topological polar surface area (TPSA) is 68.1 Å². The Hall–Kier alpha value is -2.30. The minimum absolute atomic E-state index is 0.0726. The van der Waals surface area contributed by atoms with E-state index < -0.39 is 0 Å². The first-order valence-electron chi connectivity index (χ1n) is 9.28. The van der Waals surface area contributed by atoms with Gasteiger partial charge in [-0.2, -0.15) is 0 Å². The zero-order chi connectivity index (χ0) is 19.0. The van der Waals surface area contributed by atoms with Gasteiger partial charge in [0.2, 0.25) is 0 Å². The van der Waals surface area contributed by atoms with Gasteiger partial charge in [0, 0.05) is 17.1 Å². The molecule has 1 heterocycles. The second kappa shape index (κ2) is 7.02. The second-order valence-corrected chi connectivity index (χ2v) is 7.93. The Labute approximate surface area is 163 Å². The number of hydrogen-bond donors (Lipinski definition) is 2. The first-order valence-corrected chi connectivity index (χ1v) is 9.66. The lowest BCUT2D eigenvalue weighted by Gasteiger charge is -2.38. The monoisotopic (exact) mass is 382 g/mol. The van der Waals surface area contributed by atoms with Gasteiger partial charge in [0.05, 0.1) is 11.1 Å². The molecule has 3 N–H and O–H groups in total. The van der Waals surface area contributed by atoms with Gasteiger partial charge < -0.3 is 15.5 Å². The third-order valence-electron chi connectivity index (χ3n) is 5.54. The van der Waals surface area contributed by atoms with Crippen LogP contribution >= 0.6 is 11.6 Å². The predicted molar refractivity (Wildman–Crippen MR) is 110 cm³/mol. The number of H-pyrrole nitrogens is 1. The molecule has 5 heteroatoms. The van der Waals surface area contributed by atoms with E-state index in [-0.39, 0.29) is 17.2 Å². The molecular formula is C22H23ClN2O2. The molecule has 1 aliphatic carbocycles. The zero-order valence-electron chi connectivity index (χ0n) is 15.3. The Balaban J connectivity index is 1.50. The lowest BCUT2D eigenvalue weighted by Crippen LogP contribution is -2.42. The molecule has 140 valence electrons. The van der Waals surface area contributed by atoms with Gasteiger partial charge in [0.15, 0.2) is 0 Å². The molecule has 1 aromatic heterocycles. The van der Waals surface area contributed by atoms with Gasteiger partial charge in [-0.3, -0.25) is 4.79 Å². The minimum Gasteiger partial charge on any atom is -0.489 e. The molecule has 2 aromatic carbocycles. The highest BCUT2D eigenvalue weighted by Crippen LogP contribution is 2.38. The summed E-state index contributed by atoms with van der Waals surface area (Å²) >= 11 is 6.36. The molecular weight excluding hydrogens is 360 g/mol. The maximum atomic E-state index is 11.9. The van der Waals surface area contributed by atoms with E-state index in [1.165, 1.54) is 11.1 Å². The van der Waals surface area contributed by atoms with Gasteiger partial charge >= 0.3 is 0 Å². The number of fused-ring (bicyclic) bond motifs is 1. The summed E-state index contributed by atoms with van der Waals surface area (Å²) in [6, 6.07) is 13.8. The van der Waals surface area contributed by atoms with Gasteiger partial charge in [-0.15, -0.1) is 0 Å². The molecule has 0 amide bonds. The maximum absolute atomic E-state index is 11.9. The summed E-state index contributed by atoms with van der Waals surface area (Å²) in [4.78, 5) is 14.6. The van der Waals surface area contributed by atoms with Crippen molar-refractivity contribution in [3.05, 3.63) is 75.2 Å². The van der Waals surface area contributed by atoms with Crippen LogP contribution in [0.4, 0.5) is 0 Å². The standard InChI is InChI=1S/C22H23ClN2O2/c1-14-3-2-4-16(11-14)22(24)8-5-17(6-9-22)27-20-12-15-7-10-25-21(26)18(15)13-19(20)23/h2-4,7,10-13,17H,5-6,8-9,24H2,1H3,(H,25,26)/t17-,22+. The summed E-state index contributed by atoms with van der Waals surface area (Å²) in [5.41, 5.74) is 8.69. The van der Waals surface area contributed by atoms with Crippen LogP contribution in [0.1, 0.15) is 36.8 Å². The SMILES string of the molecule is Cc1cccc([C@]2(N)CC[C@@H](Oc3cc4cc[nH]c(=O)c4cc3Cl)CC2)c1. The van der Waals surface area contributed by atoms with E-state index in [1.807, 2.05) is 12.1 Å². The average Bonchev–Trinajstić information content (AvgIpc) is 2.65. The van der Waals surface area contributed by atoms with Crippen LogP contribution < -0.4 is 16.0 Å². The number of nitrogens with two attached hydrogens (primary N) is 1. The zero-order valence-corrected chi connectivity index (χ0v) is 16.1. The number of halogens is 1. The van der Waals surface area contributed by atoms with Gasteiger partial charge in [-0.05, 0) is 61.8 Å². The van der Waals surface area contributed by atoms with Crippen molar-refractivity contribution in [1.82, 2.24) is 4.98 Å². The van der Waals surface area contributed by atoms with Crippen LogP contribution in [0.15, 0.2) is 53.5 Å². The van der Waals surface area contributed by atoms with Crippen molar-refractivity contribution in [2.45, 2.75) is 44.2 Å². The molecule has 0 bridgehead atoms. The fraction of sp³-hybridized carbons (Fsp3) is 0.318. The van der Waals surface area contributed by atoms with Crippen LogP contribution in [-0.2, 0) is 5.54 Å². The van der Waals surface area contributed by atoms with Crippen molar-refractivity contribution in [3.8, 4) is 5.75 Å². The summed E-state index contributed by atoms with van der Waals surface area (Å²) in [7, 11) is 0. The third kappa shape index (κ3) is 3.60. The maximum Gasteiger partial charge on any atom is 0.255 e. The smallest absolute Gasteiger partial charge is 0.255 e. The number of rotatable bonds is 3. The molecule has 0 unspecified atom stereocenters. The highest BCUT2D eigenvalue weighted by atomic mass is 35.5. The van der Waals surface area contributed by atoms with Crippen molar-refractivity contribution in [2.24, 2.45) is 5.73 Å². The third-order valence-corrected chi connectivity index (χ3v) is 5.83. The molecule has 3 aromatic rings. The lowest BCUT2D eigenvalue weighted by atomic mass is 9.76. The number of aromatic amines is 1. The van der Waals surface area contributed by atoms with Crippen LogP contribution in [0.5, 0.6) is 5.75 Å². The number of pyridine rings is 1.